The standard InChI is InChI=1S/C24H27ClN4O6/c1-14(2)35-20-9-8-18(12-15(20)3)26-22-27-23(33)29(19(10-11-30)21(31)32)24(34)28(22)13-16-4-6-17(25)7-5-16/h4-9,12,14,19,30H,10-11,13H2,1-3H3,(H,31,32)(H,26,27,33)/t19-/m0/s1. The Morgan fingerprint density at radius 2 is 1.86 bits per heavy atom. The molecule has 2 aromatic carbocycles. The lowest BCUT2D eigenvalue weighted by atomic mass is 10.2. The van der Waals surface area contributed by atoms with Gasteiger partial charge in [0.1, 0.15) is 11.8 Å². The summed E-state index contributed by atoms with van der Waals surface area (Å²) < 4.78 is 7.50. The lowest BCUT2D eigenvalue weighted by Gasteiger charge is -2.16. The Morgan fingerprint density at radius 3 is 2.43 bits per heavy atom. The summed E-state index contributed by atoms with van der Waals surface area (Å²) >= 11 is 5.96. The number of rotatable bonds is 9. The number of aromatic nitrogens is 3. The summed E-state index contributed by atoms with van der Waals surface area (Å²) in [5, 5.41) is 19.3. The van der Waals surface area contributed by atoms with E-state index in [1.165, 1.54) is 4.57 Å². The number of aliphatic hydroxyl groups is 1. The number of aromatic amines is 1. The molecule has 1 aromatic heterocycles. The molecule has 0 fully saturated rings. The van der Waals surface area contributed by atoms with Crippen LogP contribution in [0.3, 0.4) is 0 Å². The molecule has 1 atom stereocenters. The van der Waals surface area contributed by atoms with E-state index in [0.717, 1.165) is 5.56 Å². The maximum absolute atomic E-state index is 13.4. The van der Waals surface area contributed by atoms with Gasteiger partial charge in [-0.25, -0.2) is 23.9 Å². The van der Waals surface area contributed by atoms with Gasteiger partial charge in [0.15, 0.2) is 0 Å². The number of ether oxygens (including phenoxy) is 1. The molecule has 11 heteroatoms. The van der Waals surface area contributed by atoms with E-state index in [-0.39, 0.29) is 24.7 Å². The van der Waals surface area contributed by atoms with Crippen molar-refractivity contribution in [1.29, 1.82) is 0 Å². The van der Waals surface area contributed by atoms with Gasteiger partial charge in [-0.05, 0) is 62.2 Å². The number of hydrogen-bond acceptors (Lipinski definition) is 6. The number of halogens is 1. The largest absolute Gasteiger partial charge is 0.491 e. The molecular weight excluding hydrogens is 476 g/mol. The first-order valence-electron chi connectivity index (χ1n) is 11.0. The number of aliphatic carboxylic acids is 1. The van der Waals surface area contributed by atoms with Gasteiger partial charge in [0, 0.05) is 18.1 Å². The van der Waals surface area contributed by atoms with Crippen LogP contribution in [0.5, 0.6) is 5.75 Å². The maximum Gasteiger partial charge on any atom is 0.336 e. The fourth-order valence-electron chi connectivity index (χ4n) is 3.51. The van der Waals surface area contributed by atoms with Crippen LogP contribution in [0.25, 0.3) is 0 Å². The van der Waals surface area contributed by atoms with Gasteiger partial charge >= 0.3 is 17.3 Å². The quantitative estimate of drug-likeness (QED) is 0.410. The SMILES string of the molecule is Cc1cc(/N=c2\[nH]c(=O)n([C@@H](CCO)C(=O)O)c(=O)n2Cc2ccc(Cl)cc2)ccc1OC(C)C. The molecule has 0 aliphatic carbocycles. The van der Waals surface area contributed by atoms with E-state index >= 15 is 0 Å². The number of carboxylic acid groups (broad SMARTS) is 1. The third-order valence-corrected chi connectivity index (χ3v) is 5.39. The van der Waals surface area contributed by atoms with Crippen LogP contribution in [0.1, 0.15) is 37.4 Å². The minimum absolute atomic E-state index is 0.00932. The van der Waals surface area contributed by atoms with E-state index in [1.54, 1.807) is 42.5 Å². The Morgan fingerprint density at radius 1 is 1.17 bits per heavy atom. The molecule has 3 aromatic rings. The number of aryl methyl sites for hydroxylation is 1. The van der Waals surface area contributed by atoms with E-state index in [9.17, 15) is 24.6 Å². The number of carboxylic acids is 1. The smallest absolute Gasteiger partial charge is 0.336 e. The molecule has 0 radical (unpaired) electrons. The highest BCUT2D eigenvalue weighted by Gasteiger charge is 2.24. The zero-order valence-electron chi connectivity index (χ0n) is 19.6. The van der Waals surface area contributed by atoms with Crippen LogP contribution >= 0.6 is 11.6 Å². The molecule has 10 nitrogen and oxygen atoms in total. The number of aliphatic hydroxyl groups excluding tert-OH is 1. The van der Waals surface area contributed by atoms with Gasteiger partial charge in [-0.1, -0.05) is 23.7 Å². The summed E-state index contributed by atoms with van der Waals surface area (Å²) in [6.45, 7) is 5.16. The van der Waals surface area contributed by atoms with Gasteiger partial charge in [-0.15, -0.1) is 0 Å². The minimum atomic E-state index is -1.54. The van der Waals surface area contributed by atoms with Crippen molar-refractivity contribution >= 4 is 23.3 Å². The fraction of sp³-hybridized carbons (Fsp3) is 0.333. The molecular formula is C24H27ClN4O6. The molecule has 0 spiro atoms. The van der Waals surface area contributed by atoms with E-state index in [4.69, 9.17) is 16.3 Å². The van der Waals surface area contributed by atoms with Crippen LogP contribution in [-0.2, 0) is 11.3 Å². The van der Waals surface area contributed by atoms with Gasteiger partial charge in [0.05, 0.1) is 18.3 Å². The summed E-state index contributed by atoms with van der Waals surface area (Å²) in [5.41, 5.74) is 0.0714. The summed E-state index contributed by atoms with van der Waals surface area (Å²) in [5.74, 6) is -0.726. The van der Waals surface area contributed by atoms with E-state index in [0.29, 0.717) is 26.6 Å². The van der Waals surface area contributed by atoms with Crippen molar-refractivity contribution in [1.82, 2.24) is 14.1 Å². The first-order chi connectivity index (χ1) is 16.6. The lowest BCUT2D eigenvalue weighted by Crippen LogP contribution is -2.52. The predicted molar refractivity (Wildman–Crippen MR) is 130 cm³/mol. The Labute approximate surface area is 205 Å². The third-order valence-electron chi connectivity index (χ3n) is 5.14. The predicted octanol–water partition coefficient (Wildman–Crippen LogP) is 2.38. The molecule has 35 heavy (non-hydrogen) atoms. The van der Waals surface area contributed by atoms with Crippen molar-refractivity contribution in [3.63, 3.8) is 0 Å². The second-order valence-corrected chi connectivity index (χ2v) is 8.65. The second-order valence-electron chi connectivity index (χ2n) is 8.21. The van der Waals surface area contributed by atoms with Gasteiger partial charge in [0.2, 0.25) is 5.62 Å². The van der Waals surface area contributed by atoms with Crippen LogP contribution in [0.15, 0.2) is 57.0 Å². The molecule has 3 N–H and O–H groups in total. The monoisotopic (exact) mass is 502 g/mol. The van der Waals surface area contributed by atoms with Crippen molar-refractivity contribution in [2.24, 2.45) is 4.99 Å². The van der Waals surface area contributed by atoms with Crippen LogP contribution in [-0.4, -0.2) is 43.0 Å². The molecule has 0 aliphatic heterocycles. The molecule has 1 heterocycles. The second kappa shape index (κ2) is 11.2. The number of nitrogens with zero attached hydrogens (tertiary/aromatic N) is 3. The van der Waals surface area contributed by atoms with Crippen molar-refractivity contribution in [3.8, 4) is 5.75 Å². The summed E-state index contributed by atoms with van der Waals surface area (Å²) in [4.78, 5) is 44.9. The van der Waals surface area contributed by atoms with Gasteiger partial charge in [-0.2, -0.15) is 0 Å². The van der Waals surface area contributed by atoms with Gasteiger partial charge in [0.25, 0.3) is 0 Å². The molecule has 0 amide bonds. The number of hydrogen-bond donors (Lipinski definition) is 3. The topological polar surface area (TPSA) is 139 Å². The average molecular weight is 503 g/mol. The molecule has 3 rings (SSSR count). The first kappa shape index (κ1) is 26.0. The van der Waals surface area contributed by atoms with E-state index in [2.05, 4.69) is 9.98 Å². The molecule has 186 valence electrons. The number of carbonyl (C=O) groups is 1. The summed E-state index contributed by atoms with van der Waals surface area (Å²) in [6.07, 6.45) is -0.324. The van der Waals surface area contributed by atoms with Crippen molar-refractivity contribution in [2.75, 3.05) is 6.61 Å². The van der Waals surface area contributed by atoms with Gasteiger partial charge in [-0.3, -0.25) is 9.55 Å². The Balaban J connectivity index is 2.22. The number of nitrogens with one attached hydrogen (secondary N) is 1. The highest BCUT2D eigenvalue weighted by Crippen LogP contribution is 2.24. The van der Waals surface area contributed by atoms with Crippen molar-refractivity contribution in [3.05, 3.63) is 85.2 Å². The zero-order valence-corrected chi connectivity index (χ0v) is 20.3. The zero-order chi connectivity index (χ0) is 25.7. The number of benzene rings is 2. The summed E-state index contributed by atoms with van der Waals surface area (Å²) in [7, 11) is 0. The fourth-order valence-corrected chi connectivity index (χ4v) is 3.63. The molecule has 0 saturated carbocycles. The first-order valence-corrected chi connectivity index (χ1v) is 11.3. The van der Waals surface area contributed by atoms with Crippen LogP contribution in [0.4, 0.5) is 5.69 Å². The van der Waals surface area contributed by atoms with Crippen LogP contribution < -0.4 is 21.7 Å². The highest BCUT2D eigenvalue weighted by molar-refractivity contribution is 6.30. The Hall–Kier alpha value is -3.63. The molecule has 0 unspecified atom stereocenters. The Kier molecular flexibility index (Phi) is 8.31. The Bertz CT molecular complexity index is 1390. The third kappa shape index (κ3) is 6.28. The lowest BCUT2D eigenvalue weighted by molar-refractivity contribution is -0.141. The van der Waals surface area contributed by atoms with Crippen LogP contribution in [0, 0.1) is 6.92 Å². The normalized spacial score (nSPS) is 12.7. The van der Waals surface area contributed by atoms with Crippen LogP contribution in [0.2, 0.25) is 5.02 Å². The summed E-state index contributed by atoms with van der Waals surface area (Å²) in [6, 6.07) is 10.4. The van der Waals surface area contributed by atoms with E-state index < -0.39 is 30.0 Å². The van der Waals surface area contributed by atoms with Crippen molar-refractivity contribution < 1.29 is 19.7 Å². The van der Waals surface area contributed by atoms with E-state index in [1.807, 2.05) is 20.8 Å². The number of H-pyrrole nitrogens is 1. The van der Waals surface area contributed by atoms with Crippen molar-refractivity contribution in [2.45, 2.75) is 45.9 Å². The molecule has 0 aliphatic rings. The molecule has 0 bridgehead atoms. The highest BCUT2D eigenvalue weighted by atomic mass is 35.5. The molecule has 0 saturated heterocycles. The minimum Gasteiger partial charge on any atom is -0.491 e. The van der Waals surface area contributed by atoms with Gasteiger partial charge < -0.3 is 14.9 Å². The maximum atomic E-state index is 13.4. The average Bonchev–Trinajstić information content (AvgIpc) is 2.78.